The Morgan fingerprint density at radius 3 is 2.56 bits per heavy atom. The molecule has 4 nitrogen and oxygen atoms in total. The summed E-state index contributed by atoms with van der Waals surface area (Å²) in [5, 5.41) is 18.7. The van der Waals surface area contributed by atoms with Gasteiger partial charge >= 0.3 is 0 Å². The number of rotatable bonds is 4. The molecule has 0 spiro atoms. The van der Waals surface area contributed by atoms with Crippen molar-refractivity contribution in [2.45, 2.75) is 33.5 Å². The Morgan fingerprint density at radius 1 is 1.44 bits per heavy atom. The molecule has 1 unspecified atom stereocenters. The van der Waals surface area contributed by atoms with E-state index >= 15 is 0 Å². The summed E-state index contributed by atoms with van der Waals surface area (Å²) in [6.45, 7) is 6.09. The van der Waals surface area contributed by atoms with Gasteiger partial charge in [0, 0.05) is 24.8 Å². The maximum absolute atomic E-state index is 9.35. The van der Waals surface area contributed by atoms with Gasteiger partial charge in [0.25, 0.3) is 0 Å². The van der Waals surface area contributed by atoms with E-state index in [2.05, 4.69) is 4.98 Å². The second-order valence-electron chi connectivity index (χ2n) is 4.27. The smallest absolute Gasteiger partial charge is 0.134 e. The second-order valence-corrected chi connectivity index (χ2v) is 4.27. The number of nitrogens with zero attached hydrogens (tertiary/aromatic N) is 2. The predicted molar refractivity (Wildman–Crippen MR) is 64.6 cm³/mol. The minimum absolute atomic E-state index is 0.0292. The van der Waals surface area contributed by atoms with Gasteiger partial charge in [0.05, 0.1) is 12.7 Å². The van der Waals surface area contributed by atoms with E-state index in [0.29, 0.717) is 6.54 Å². The monoisotopic (exact) mass is 224 g/mol. The summed E-state index contributed by atoms with van der Waals surface area (Å²) >= 11 is 0. The normalized spacial score (nSPS) is 12.6. The van der Waals surface area contributed by atoms with Gasteiger partial charge < -0.3 is 15.1 Å². The summed E-state index contributed by atoms with van der Waals surface area (Å²) in [7, 11) is 1.87. The molecule has 90 valence electrons. The number of likely N-dealkylation sites (N-methyl/N-ethyl adjacent to an activating group) is 1. The van der Waals surface area contributed by atoms with Gasteiger partial charge in [-0.2, -0.15) is 0 Å². The molecule has 0 aliphatic rings. The highest BCUT2D eigenvalue weighted by Crippen LogP contribution is 2.21. The molecule has 1 aromatic rings. The molecule has 0 saturated heterocycles. The number of hydrogen-bond acceptors (Lipinski definition) is 4. The van der Waals surface area contributed by atoms with E-state index in [1.807, 2.05) is 31.9 Å². The average Bonchev–Trinajstić information content (AvgIpc) is 2.15. The Labute approximate surface area is 96.6 Å². The van der Waals surface area contributed by atoms with Gasteiger partial charge in [0.2, 0.25) is 0 Å². The molecule has 1 aromatic heterocycles. The topological polar surface area (TPSA) is 56.6 Å². The summed E-state index contributed by atoms with van der Waals surface area (Å²) in [6.07, 6.45) is -0.417. The molecule has 0 fully saturated rings. The van der Waals surface area contributed by atoms with Crippen LogP contribution in [-0.2, 0) is 6.61 Å². The van der Waals surface area contributed by atoms with Gasteiger partial charge in [-0.25, -0.2) is 4.98 Å². The van der Waals surface area contributed by atoms with Crippen molar-refractivity contribution in [3.8, 4) is 0 Å². The lowest BCUT2D eigenvalue weighted by Crippen LogP contribution is -2.29. The second kappa shape index (κ2) is 5.27. The Kier molecular flexibility index (Phi) is 4.26. The predicted octanol–water partition coefficient (Wildman–Crippen LogP) is 1.01. The molecule has 0 saturated carbocycles. The molecule has 4 heteroatoms. The molecule has 1 rings (SSSR count). The number of aromatic nitrogens is 1. The zero-order valence-electron chi connectivity index (χ0n) is 10.4. The van der Waals surface area contributed by atoms with Crippen molar-refractivity contribution in [1.29, 1.82) is 0 Å². The SMILES string of the molecule is Cc1cc(C)c(CO)c(N(C)CC(C)O)n1. The minimum Gasteiger partial charge on any atom is -0.392 e. The molecule has 0 aromatic carbocycles. The summed E-state index contributed by atoms with van der Waals surface area (Å²) in [4.78, 5) is 6.28. The fraction of sp³-hybridized carbons (Fsp3) is 0.583. The van der Waals surface area contributed by atoms with Crippen molar-refractivity contribution < 1.29 is 10.2 Å². The van der Waals surface area contributed by atoms with Crippen LogP contribution in [0.1, 0.15) is 23.7 Å². The molecule has 0 aliphatic heterocycles. The molecule has 16 heavy (non-hydrogen) atoms. The molecule has 0 bridgehead atoms. The van der Waals surface area contributed by atoms with Crippen molar-refractivity contribution in [2.75, 3.05) is 18.5 Å². The van der Waals surface area contributed by atoms with E-state index in [1.165, 1.54) is 0 Å². The Hall–Kier alpha value is -1.13. The molecular formula is C12H20N2O2. The van der Waals surface area contributed by atoms with Crippen LogP contribution in [0.15, 0.2) is 6.07 Å². The summed E-state index contributed by atoms with van der Waals surface area (Å²) < 4.78 is 0. The van der Waals surface area contributed by atoms with E-state index in [0.717, 1.165) is 22.6 Å². The quantitative estimate of drug-likeness (QED) is 0.801. The van der Waals surface area contributed by atoms with Crippen LogP contribution in [-0.4, -0.2) is 34.9 Å². The minimum atomic E-state index is -0.417. The molecular weight excluding hydrogens is 204 g/mol. The number of aliphatic hydroxyl groups is 2. The highest BCUT2D eigenvalue weighted by molar-refractivity contribution is 5.50. The average molecular weight is 224 g/mol. The van der Waals surface area contributed by atoms with E-state index in [9.17, 15) is 10.2 Å². The fourth-order valence-corrected chi connectivity index (χ4v) is 1.84. The van der Waals surface area contributed by atoms with Crippen molar-refractivity contribution >= 4 is 5.82 Å². The van der Waals surface area contributed by atoms with Crippen LogP contribution in [0.3, 0.4) is 0 Å². The van der Waals surface area contributed by atoms with Crippen LogP contribution in [0, 0.1) is 13.8 Å². The van der Waals surface area contributed by atoms with Gasteiger partial charge in [-0.05, 0) is 32.4 Å². The lowest BCUT2D eigenvalue weighted by atomic mass is 10.1. The Bertz CT molecular complexity index is 364. The van der Waals surface area contributed by atoms with Crippen molar-refractivity contribution in [3.63, 3.8) is 0 Å². The third kappa shape index (κ3) is 2.93. The Morgan fingerprint density at radius 2 is 2.06 bits per heavy atom. The third-order valence-electron chi connectivity index (χ3n) is 2.51. The van der Waals surface area contributed by atoms with Gasteiger partial charge in [-0.3, -0.25) is 0 Å². The molecule has 0 aliphatic carbocycles. The number of hydrogen-bond donors (Lipinski definition) is 2. The first kappa shape index (κ1) is 12.9. The third-order valence-corrected chi connectivity index (χ3v) is 2.51. The lowest BCUT2D eigenvalue weighted by molar-refractivity contribution is 0.201. The van der Waals surface area contributed by atoms with Gasteiger partial charge in [0.1, 0.15) is 5.82 Å². The molecule has 1 atom stereocenters. The standard InChI is InChI=1S/C12H20N2O2/c1-8-5-9(2)13-12(11(8)7-15)14(4)6-10(3)16/h5,10,15-16H,6-7H2,1-4H3. The Balaban J connectivity index is 3.10. The number of aryl methyl sites for hydroxylation is 2. The van der Waals surface area contributed by atoms with Crippen LogP contribution in [0.5, 0.6) is 0 Å². The first-order chi connectivity index (χ1) is 7.45. The van der Waals surface area contributed by atoms with Crippen LogP contribution < -0.4 is 4.90 Å². The highest BCUT2D eigenvalue weighted by Gasteiger charge is 2.13. The van der Waals surface area contributed by atoms with Gasteiger partial charge in [0.15, 0.2) is 0 Å². The lowest BCUT2D eigenvalue weighted by Gasteiger charge is -2.23. The summed E-state index contributed by atoms with van der Waals surface area (Å²) in [5.74, 6) is 0.751. The van der Waals surface area contributed by atoms with Gasteiger partial charge in [-0.15, -0.1) is 0 Å². The van der Waals surface area contributed by atoms with Crippen molar-refractivity contribution in [1.82, 2.24) is 4.98 Å². The molecule has 2 N–H and O–H groups in total. The summed E-state index contributed by atoms with van der Waals surface area (Å²) in [5.41, 5.74) is 2.78. The highest BCUT2D eigenvalue weighted by atomic mass is 16.3. The molecule has 1 heterocycles. The fourth-order valence-electron chi connectivity index (χ4n) is 1.84. The van der Waals surface area contributed by atoms with Crippen LogP contribution in [0.4, 0.5) is 5.82 Å². The number of pyridine rings is 1. The zero-order valence-corrected chi connectivity index (χ0v) is 10.4. The number of aliphatic hydroxyl groups excluding tert-OH is 2. The largest absolute Gasteiger partial charge is 0.392 e. The van der Waals surface area contributed by atoms with E-state index in [4.69, 9.17) is 0 Å². The van der Waals surface area contributed by atoms with Crippen LogP contribution in [0.2, 0.25) is 0 Å². The molecule has 0 amide bonds. The van der Waals surface area contributed by atoms with Crippen LogP contribution in [0.25, 0.3) is 0 Å². The maximum atomic E-state index is 9.35. The van der Waals surface area contributed by atoms with E-state index in [-0.39, 0.29) is 6.61 Å². The first-order valence-electron chi connectivity index (χ1n) is 5.43. The van der Waals surface area contributed by atoms with Crippen LogP contribution >= 0.6 is 0 Å². The van der Waals surface area contributed by atoms with Gasteiger partial charge in [-0.1, -0.05) is 0 Å². The summed E-state index contributed by atoms with van der Waals surface area (Å²) in [6, 6.07) is 1.95. The van der Waals surface area contributed by atoms with Crippen molar-refractivity contribution in [3.05, 3.63) is 22.9 Å². The van der Waals surface area contributed by atoms with E-state index < -0.39 is 6.10 Å². The zero-order chi connectivity index (χ0) is 12.3. The van der Waals surface area contributed by atoms with E-state index in [1.54, 1.807) is 6.92 Å². The number of anilines is 1. The first-order valence-corrected chi connectivity index (χ1v) is 5.43. The van der Waals surface area contributed by atoms with Crippen molar-refractivity contribution in [2.24, 2.45) is 0 Å². The molecule has 0 radical (unpaired) electrons. The maximum Gasteiger partial charge on any atom is 0.134 e.